The lowest BCUT2D eigenvalue weighted by atomic mass is 9.88. The summed E-state index contributed by atoms with van der Waals surface area (Å²) in [6.45, 7) is 9.16. The molecule has 0 bridgehead atoms. The van der Waals surface area contributed by atoms with Gasteiger partial charge in [-0.2, -0.15) is 0 Å². The fourth-order valence-electron chi connectivity index (χ4n) is 4.92. The van der Waals surface area contributed by atoms with Gasteiger partial charge in [0.05, 0.1) is 30.8 Å². The van der Waals surface area contributed by atoms with Crippen LogP contribution in [0.2, 0.25) is 0 Å². The minimum Gasteiger partial charge on any atom is -0.441 e. The summed E-state index contributed by atoms with van der Waals surface area (Å²) in [7, 11) is 0. The van der Waals surface area contributed by atoms with Crippen LogP contribution in [0.25, 0.3) is 11.0 Å². The number of amides is 3. The topological polar surface area (TPSA) is 170 Å². The number of aromatic nitrogens is 3. The number of nitrogens with two attached hydrogens (primary N) is 1. The maximum absolute atomic E-state index is 13.3. The Morgan fingerprint density at radius 2 is 2.05 bits per heavy atom. The number of pyridine rings is 1. The number of ether oxygens (including phenoxy) is 2. The molecule has 3 aromatic rings. The van der Waals surface area contributed by atoms with Crippen molar-refractivity contribution in [1.82, 2.24) is 19.9 Å². The number of benzene rings is 1. The van der Waals surface area contributed by atoms with Crippen molar-refractivity contribution in [1.29, 1.82) is 0 Å². The highest BCUT2D eigenvalue weighted by molar-refractivity contribution is 5.96. The van der Waals surface area contributed by atoms with Gasteiger partial charge in [0, 0.05) is 12.6 Å². The summed E-state index contributed by atoms with van der Waals surface area (Å²) in [6, 6.07) is 8.09. The van der Waals surface area contributed by atoms with Crippen molar-refractivity contribution in [3.63, 3.8) is 0 Å². The number of carbonyl (C=O) groups is 3. The monoisotopic (exact) mass is 592 g/mol. The van der Waals surface area contributed by atoms with E-state index in [1.807, 2.05) is 12.1 Å². The van der Waals surface area contributed by atoms with Gasteiger partial charge >= 0.3 is 6.09 Å². The number of fused-ring (bicyclic) bond motifs is 1. The van der Waals surface area contributed by atoms with Gasteiger partial charge in [0.1, 0.15) is 23.2 Å². The highest BCUT2D eigenvalue weighted by Gasteiger charge is 2.35. The van der Waals surface area contributed by atoms with E-state index in [4.69, 9.17) is 20.2 Å². The average molecular weight is 593 g/mol. The van der Waals surface area contributed by atoms with E-state index in [2.05, 4.69) is 42.5 Å². The van der Waals surface area contributed by atoms with Gasteiger partial charge in [0.2, 0.25) is 11.8 Å². The zero-order valence-corrected chi connectivity index (χ0v) is 25.1. The van der Waals surface area contributed by atoms with Crippen LogP contribution in [0, 0.1) is 5.41 Å². The Kier molecular flexibility index (Phi) is 9.70. The highest BCUT2D eigenvalue weighted by Crippen LogP contribution is 2.26. The van der Waals surface area contributed by atoms with Crippen LogP contribution in [0.4, 0.5) is 10.5 Å². The molecule has 2 aromatic heterocycles. The molecular weight excluding hydrogens is 552 g/mol. The first-order chi connectivity index (χ1) is 20.3. The molecule has 1 aliphatic heterocycles. The summed E-state index contributed by atoms with van der Waals surface area (Å²) in [5, 5.41) is 5.23. The molecule has 3 amide bonds. The van der Waals surface area contributed by atoms with Crippen LogP contribution in [0.1, 0.15) is 58.3 Å². The molecular formula is C31H40N6O6. The molecule has 12 heteroatoms. The van der Waals surface area contributed by atoms with E-state index in [1.165, 1.54) is 22.8 Å². The minimum atomic E-state index is -1.05. The number of rotatable bonds is 11. The van der Waals surface area contributed by atoms with Crippen molar-refractivity contribution in [2.24, 2.45) is 11.1 Å². The summed E-state index contributed by atoms with van der Waals surface area (Å²) >= 11 is 0. The van der Waals surface area contributed by atoms with Crippen LogP contribution in [0.5, 0.6) is 0 Å². The van der Waals surface area contributed by atoms with Crippen LogP contribution in [0.15, 0.2) is 53.5 Å². The fraction of sp³-hybridized carbons (Fsp3) is 0.452. The first kappa shape index (κ1) is 31.5. The minimum absolute atomic E-state index is 0.0426. The quantitative estimate of drug-likeness (QED) is 0.247. The maximum Gasteiger partial charge on any atom is 0.408 e. The SMILES string of the molecule is CC(C)(C)Cc1cccc2[nH]c(Cn3cccc(NC(=O)[C@H](CC/C=C/C(N)=O)NC(=O)OC4(C)CCOC4)c3=O)nc12. The lowest BCUT2D eigenvalue weighted by molar-refractivity contribution is -0.118. The number of hydrogen-bond donors (Lipinski definition) is 4. The van der Waals surface area contributed by atoms with Gasteiger partial charge in [-0.3, -0.25) is 14.4 Å². The van der Waals surface area contributed by atoms with Crippen LogP contribution in [-0.2, 0) is 32.0 Å². The van der Waals surface area contributed by atoms with Crippen LogP contribution in [-0.4, -0.2) is 57.3 Å². The van der Waals surface area contributed by atoms with Gasteiger partial charge in [0.15, 0.2) is 0 Å². The van der Waals surface area contributed by atoms with Crippen molar-refractivity contribution < 1.29 is 23.9 Å². The van der Waals surface area contributed by atoms with Crippen LogP contribution in [0.3, 0.4) is 0 Å². The zero-order valence-electron chi connectivity index (χ0n) is 25.1. The summed E-state index contributed by atoms with van der Waals surface area (Å²) in [4.78, 5) is 58.5. The van der Waals surface area contributed by atoms with Gasteiger partial charge in [-0.25, -0.2) is 9.78 Å². The van der Waals surface area contributed by atoms with E-state index in [0.29, 0.717) is 18.9 Å². The Balaban J connectivity index is 1.49. The Bertz CT molecular complexity index is 1560. The average Bonchev–Trinajstić information content (AvgIpc) is 3.53. The van der Waals surface area contributed by atoms with E-state index < -0.39 is 35.1 Å². The third kappa shape index (κ3) is 8.77. The van der Waals surface area contributed by atoms with E-state index in [0.717, 1.165) is 23.0 Å². The van der Waals surface area contributed by atoms with E-state index in [9.17, 15) is 19.2 Å². The second-order valence-corrected chi connectivity index (χ2v) is 12.3. The molecule has 1 aliphatic rings. The molecule has 0 saturated carbocycles. The molecule has 3 heterocycles. The number of alkyl carbamates (subject to hydrolysis) is 1. The fourth-order valence-corrected chi connectivity index (χ4v) is 4.92. The Morgan fingerprint density at radius 3 is 2.74 bits per heavy atom. The molecule has 1 unspecified atom stereocenters. The lowest BCUT2D eigenvalue weighted by Gasteiger charge is -2.25. The first-order valence-electron chi connectivity index (χ1n) is 14.3. The number of anilines is 1. The molecule has 230 valence electrons. The molecule has 2 atom stereocenters. The van der Waals surface area contributed by atoms with Crippen molar-refractivity contribution >= 4 is 34.6 Å². The van der Waals surface area contributed by atoms with Gasteiger partial charge in [0.25, 0.3) is 5.56 Å². The largest absolute Gasteiger partial charge is 0.441 e. The summed E-state index contributed by atoms with van der Waals surface area (Å²) in [5.74, 6) is -0.625. The number of para-hydroxylation sites is 1. The standard InChI is InChI=1S/C31H40N6O6/c1-30(2,3)17-20-9-7-11-21-26(20)36-25(33-21)18-37-15-8-12-23(28(37)40)34-27(39)22(10-5-6-13-24(32)38)35-29(41)43-31(4)14-16-42-19-31/h6-9,11-13,15,22H,5,10,14,16-19H2,1-4H3,(H2,32,38)(H,33,36)(H,34,39)(H,35,41)/b13-6+/t22-,31?/m0/s1. The van der Waals surface area contributed by atoms with E-state index in [-0.39, 0.29) is 37.1 Å². The number of H-pyrrole nitrogens is 1. The lowest BCUT2D eigenvalue weighted by Crippen LogP contribution is -2.47. The van der Waals surface area contributed by atoms with E-state index in [1.54, 1.807) is 19.2 Å². The highest BCUT2D eigenvalue weighted by atomic mass is 16.6. The molecule has 1 aromatic carbocycles. The molecule has 4 rings (SSSR count). The smallest absolute Gasteiger partial charge is 0.408 e. The number of carbonyl (C=O) groups excluding carboxylic acids is 3. The Labute approximate surface area is 250 Å². The maximum atomic E-state index is 13.3. The van der Waals surface area contributed by atoms with Crippen molar-refractivity contribution in [2.75, 3.05) is 18.5 Å². The van der Waals surface area contributed by atoms with Gasteiger partial charge < -0.3 is 35.4 Å². The molecule has 1 fully saturated rings. The van der Waals surface area contributed by atoms with Crippen LogP contribution >= 0.6 is 0 Å². The van der Waals surface area contributed by atoms with Crippen molar-refractivity contribution in [3.05, 3.63) is 70.4 Å². The number of nitrogens with one attached hydrogen (secondary N) is 3. The van der Waals surface area contributed by atoms with E-state index >= 15 is 0 Å². The third-order valence-electron chi connectivity index (χ3n) is 7.00. The van der Waals surface area contributed by atoms with Gasteiger partial charge in [-0.05, 0) is 61.4 Å². The number of nitrogens with zero attached hydrogens (tertiary/aromatic N) is 2. The van der Waals surface area contributed by atoms with Crippen molar-refractivity contribution in [2.45, 2.75) is 71.6 Å². The summed E-state index contributed by atoms with van der Waals surface area (Å²) in [5.41, 5.74) is 6.92. The predicted octanol–water partition coefficient (Wildman–Crippen LogP) is 3.40. The predicted molar refractivity (Wildman–Crippen MR) is 163 cm³/mol. The molecule has 5 N–H and O–H groups in total. The van der Waals surface area contributed by atoms with Gasteiger partial charge in [-0.15, -0.1) is 0 Å². The Morgan fingerprint density at radius 1 is 1.26 bits per heavy atom. The molecule has 0 aliphatic carbocycles. The number of imidazole rings is 1. The summed E-state index contributed by atoms with van der Waals surface area (Å²) in [6.07, 6.45) is 5.32. The molecule has 43 heavy (non-hydrogen) atoms. The van der Waals surface area contributed by atoms with Crippen LogP contribution < -0.4 is 21.9 Å². The van der Waals surface area contributed by atoms with Gasteiger partial charge in [-0.1, -0.05) is 39.0 Å². The summed E-state index contributed by atoms with van der Waals surface area (Å²) < 4.78 is 12.3. The van der Waals surface area contributed by atoms with Crippen molar-refractivity contribution in [3.8, 4) is 0 Å². The zero-order chi connectivity index (χ0) is 31.2. The first-order valence-corrected chi connectivity index (χ1v) is 14.3. The molecule has 12 nitrogen and oxygen atoms in total. The second kappa shape index (κ2) is 13.2. The number of primary amides is 1. The second-order valence-electron chi connectivity index (χ2n) is 12.3. The molecule has 0 radical (unpaired) electrons. The number of allylic oxidation sites excluding steroid dienone is 1. The third-order valence-corrected chi connectivity index (χ3v) is 7.00. The Hall–Kier alpha value is -4.45. The number of aromatic amines is 1. The number of hydrogen-bond acceptors (Lipinski definition) is 7. The normalized spacial score (nSPS) is 17.7. The molecule has 0 spiro atoms. The molecule has 1 saturated heterocycles.